The summed E-state index contributed by atoms with van der Waals surface area (Å²) < 4.78 is 24.3. The molecule has 1 aliphatic heterocycles. The molecule has 0 atom stereocenters. The lowest BCUT2D eigenvalue weighted by Crippen LogP contribution is -2.31. The molecule has 2 aromatic rings. The minimum Gasteiger partial charge on any atom is -0.478 e. The first kappa shape index (κ1) is 11.8. The third kappa shape index (κ3) is 1.80. The van der Waals surface area contributed by atoms with Gasteiger partial charge in [-0.2, -0.15) is 0 Å². The van der Waals surface area contributed by atoms with Crippen molar-refractivity contribution in [3.05, 3.63) is 29.6 Å². The molecular weight excluding hydrogens is 272 g/mol. The van der Waals surface area contributed by atoms with Crippen LogP contribution in [0.5, 0.6) is 0 Å². The van der Waals surface area contributed by atoms with E-state index in [1.165, 1.54) is 22.8 Å². The SMILES string of the molecule is O=C(O)c1ccc2c(c1)nc1n2C(=O)CS(=O)(=O)C1. The third-order valence-electron chi connectivity index (χ3n) is 2.91. The first-order chi connectivity index (χ1) is 8.87. The summed E-state index contributed by atoms with van der Waals surface area (Å²) in [6, 6.07) is 4.14. The number of aromatic nitrogens is 2. The van der Waals surface area contributed by atoms with Gasteiger partial charge < -0.3 is 5.11 Å². The highest BCUT2D eigenvalue weighted by Crippen LogP contribution is 2.23. The molecule has 0 spiro atoms. The van der Waals surface area contributed by atoms with Crippen molar-refractivity contribution in [3.8, 4) is 0 Å². The maximum absolute atomic E-state index is 11.8. The van der Waals surface area contributed by atoms with E-state index in [2.05, 4.69) is 4.98 Å². The fourth-order valence-electron chi connectivity index (χ4n) is 2.14. The van der Waals surface area contributed by atoms with Crippen molar-refractivity contribution in [1.82, 2.24) is 9.55 Å². The maximum atomic E-state index is 11.8. The number of nitrogens with zero attached hydrogens (tertiary/aromatic N) is 2. The molecule has 0 aliphatic carbocycles. The van der Waals surface area contributed by atoms with E-state index in [4.69, 9.17) is 5.11 Å². The Hall–Kier alpha value is -2.22. The first-order valence-corrected chi connectivity index (χ1v) is 7.18. The Balaban J connectivity index is 2.29. The summed E-state index contributed by atoms with van der Waals surface area (Å²) in [7, 11) is -3.47. The summed E-state index contributed by atoms with van der Waals surface area (Å²) in [5.41, 5.74) is 0.776. The van der Waals surface area contributed by atoms with E-state index in [1.54, 1.807) is 0 Å². The number of carboxylic acids is 1. The number of benzene rings is 1. The normalized spacial score (nSPS) is 17.4. The molecule has 1 aliphatic rings. The lowest BCUT2D eigenvalue weighted by molar-refractivity contribution is 0.0696. The quantitative estimate of drug-likeness (QED) is 0.805. The number of imidazole rings is 1. The van der Waals surface area contributed by atoms with E-state index in [1.807, 2.05) is 0 Å². The Morgan fingerprint density at radius 2 is 2.05 bits per heavy atom. The number of carboxylic acid groups (broad SMARTS) is 1. The summed E-state index contributed by atoms with van der Waals surface area (Å²) >= 11 is 0. The van der Waals surface area contributed by atoms with Crippen LogP contribution in [0.3, 0.4) is 0 Å². The standard InChI is InChI=1S/C11H8N2O5S/c14-10-5-19(17,18)4-9-12-7-3-6(11(15)16)1-2-8(7)13(9)10/h1-3H,4-5H2,(H,15,16). The second kappa shape index (κ2) is 3.64. The van der Waals surface area contributed by atoms with Crippen molar-refractivity contribution in [1.29, 1.82) is 0 Å². The number of fused-ring (bicyclic) bond motifs is 3. The molecule has 1 aromatic carbocycles. The molecule has 8 heteroatoms. The lowest BCUT2D eigenvalue weighted by Gasteiger charge is -2.13. The van der Waals surface area contributed by atoms with Crippen LogP contribution in [0, 0.1) is 0 Å². The summed E-state index contributed by atoms with van der Waals surface area (Å²) in [4.78, 5) is 26.7. The second-order valence-electron chi connectivity index (χ2n) is 4.30. The molecule has 7 nitrogen and oxygen atoms in total. The van der Waals surface area contributed by atoms with Crippen LogP contribution >= 0.6 is 0 Å². The van der Waals surface area contributed by atoms with Crippen molar-refractivity contribution in [2.45, 2.75) is 5.75 Å². The Morgan fingerprint density at radius 3 is 2.74 bits per heavy atom. The van der Waals surface area contributed by atoms with Crippen LogP contribution in [0.4, 0.5) is 0 Å². The van der Waals surface area contributed by atoms with Gasteiger partial charge in [0.2, 0.25) is 5.91 Å². The number of sulfone groups is 1. The molecule has 1 aromatic heterocycles. The number of rotatable bonds is 1. The monoisotopic (exact) mass is 280 g/mol. The molecule has 0 fully saturated rings. The van der Waals surface area contributed by atoms with Gasteiger partial charge in [-0.05, 0) is 18.2 Å². The second-order valence-corrected chi connectivity index (χ2v) is 6.36. The van der Waals surface area contributed by atoms with Crippen LogP contribution in [-0.2, 0) is 15.6 Å². The van der Waals surface area contributed by atoms with Crippen molar-refractivity contribution in [2.24, 2.45) is 0 Å². The Labute approximate surface area is 107 Å². The number of hydrogen-bond donors (Lipinski definition) is 1. The van der Waals surface area contributed by atoms with Gasteiger partial charge >= 0.3 is 5.97 Å². The summed E-state index contributed by atoms with van der Waals surface area (Å²) in [5.74, 6) is -2.39. The highest BCUT2D eigenvalue weighted by molar-refractivity contribution is 7.91. The Kier molecular flexibility index (Phi) is 2.27. The highest BCUT2D eigenvalue weighted by atomic mass is 32.2. The number of carbonyl (C=O) groups excluding carboxylic acids is 1. The Morgan fingerprint density at radius 1 is 1.32 bits per heavy atom. The van der Waals surface area contributed by atoms with Gasteiger partial charge in [0.15, 0.2) is 9.84 Å². The van der Waals surface area contributed by atoms with Gasteiger partial charge in [-0.15, -0.1) is 0 Å². The molecule has 0 radical (unpaired) electrons. The van der Waals surface area contributed by atoms with Crippen LogP contribution in [-0.4, -0.2) is 40.7 Å². The van der Waals surface area contributed by atoms with Crippen molar-refractivity contribution >= 4 is 32.7 Å². The summed E-state index contributed by atoms with van der Waals surface area (Å²) in [6.07, 6.45) is 0. The van der Waals surface area contributed by atoms with Gasteiger partial charge in [0, 0.05) is 0 Å². The van der Waals surface area contributed by atoms with Gasteiger partial charge in [0.1, 0.15) is 17.3 Å². The van der Waals surface area contributed by atoms with Gasteiger partial charge in [-0.3, -0.25) is 9.36 Å². The average molecular weight is 280 g/mol. The highest BCUT2D eigenvalue weighted by Gasteiger charge is 2.30. The molecule has 98 valence electrons. The zero-order chi connectivity index (χ0) is 13.8. The molecule has 2 heterocycles. The predicted molar refractivity (Wildman–Crippen MR) is 64.8 cm³/mol. The number of aromatic carboxylic acids is 1. The predicted octanol–water partition coefficient (Wildman–Crippen LogP) is 0.303. The molecule has 0 unspecified atom stereocenters. The van der Waals surface area contributed by atoms with Crippen LogP contribution < -0.4 is 0 Å². The fourth-order valence-corrected chi connectivity index (χ4v) is 3.33. The Bertz CT molecular complexity index is 834. The molecule has 0 bridgehead atoms. The largest absolute Gasteiger partial charge is 0.478 e. The van der Waals surface area contributed by atoms with E-state index in [9.17, 15) is 18.0 Å². The minimum atomic E-state index is -3.47. The average Bonchev–Trinajstić information content (AvgIpc) is 2.63. The lowest BCUT2D eigenvalue weighted by atomic mass is 10.2. The minimum absolute atomic E-state index is 0.0400. The molecule has 0 amide bonds. The summed E-state index contributed by atoms with van der Waals surface area (Å²) in [5, 5.41) is 8.88. The van der Waals surface area contributed by atoms with E-state index in [0.717, 1.165) is 0 Å². The number of carbonyl (C=O) groups is 2. The van der Waals surface area contributed by atoms with E-state index in [0.29, 0.717) is 11.0 Å². The van der Waals surface area contributed by atoms with Gasteiger partial charge in [0.05, 0.1) is 16.6 Å². The first-order valence-electron chi connectivity index (χ1n) is 5.36. The molecular formula is C11H8N2O5S. The van der Waals surface area contributed by atoms with E-state index >= 15 is 0 Å². The fraction of sp³-hybridized carbons (Fsp3) is 0.182. The van der Waals surface area contributed by atoms with Crippen LogP contribution in [0.1, 0.15) is 21.0 Å². The molecule has 1 N–H and O–H groups in total. The molecule has 19 heavy (non-hydrogen) atoms. The molecule has 0 saturated heterocycles. The van der Waals surface area contributed by atoms with Crippen LogP contribution in [0.2, 0.25) is 0 Å². The van der Waals surface area contributed by atoms with Crippen molar-refractivity contribution in [2.75, 3.05) is 5.75 Å². The third-order valence-corrected chi connectivity index (χ3v) is 4.30. The summed E-state index contributed by atoms with van der Waals surface area (Å²) in [6.45, 7) is 0. The topological polar surface area (TPSA) is 106 Å². The van der Waals surface area contributed by atoms with Gasteiger partial charge in [0.25, 0.3) is 0 Å². The van der Waals surface area contributed by atoms with Crippen molar-refractivity contribution in [3.63, 3.8) is 0 Å². The van der Waals surface area contributed by atoms with Crippen LogP contribution in [0.25, 0.3) is 11.0 Å². The molecule has 0 saturated carbocycles. The van der Waals surface area contributed by atoms with Gasteiger partial charge in [-0.25, -0.2) is 18.2 Å². The van der Waals surface area contributed by atoms with Crippen molar-refractivity contribution < 1.29 is 23.1 Å². The van der Waals surface area contributed by atoms with Gasteiger partial charge in [-0.1, -0.05) is 0 Å². The zero-order valence-electron chi connectivity index (χ0n) is 9.53. The molecule has 3 rings (SSSR count). The number of hydrogen-bond acceptors (Lipinski definition) is 5. The van der Waals surface area contributed by atoms with E-state index in [-0.39, 0.29) is 17.1 Å². The maximum Gasteiger partial charge on any atom is 0.335 e. The van der Waals surface area contributed by atoms with E-state index < -0.39 is 27.5 Å². The van der Waals surface area contributed by atoms with Crippen LogP contribution in [0.15, 0.2) is 18.2 Å². The smallest absolute Gasteiger partial charge is 0.335 e. The zero-order valence-corrected chi connectivity index (χ0v) is 10.3.